The van der Waals surface area contributed by atoms with Crippen LogP contribution in [-0.4, -0.2) is 22.0 Å². The highest BCUT2D eigenvalue weighted by molar-refractivity contribution is 7.85. The average Bonchev–Trinajstić information content (AvgIpc) is 2.50. The van der Waals surface area contributed by atoms with Crippen molar-refractivity contribution in [2.45, 2.75) is 43.4 Å². The van der Waals surface area contributed by atoms with E-state index >= 15 is 0 Å². The third kappa shape index (κ3) is 3.47. The molecule has 3 unspecified atom stereocenters. The maximum atomic E-state index is 12.7. The Labute approximate surface area is 124 Å². The Balaban J connectivity index is 2.17. The molecule has 3 atom stereocenters. The predicted octanol–water partition coefficient (Wildman–Crippen LogP) is 3.72. The zero-order valence-electron chi connectivity index (χ0n) is 12.4. The van der Waals surface area contributed by atoms with Crippen molar-refractivity contribution >= 4 is 21.6 Å². The summed E-state index contributed by atoms with van der Waals surface area (Å²) in [5, 5.41) is 5.87. The van der Waals surface area contributed by atoms with Gasteiger partial charge in [-0.3, -0.25) is 4.21 Å². The highest BCUT2D eigenvalue weighted by Crippen LogP contribution is 2.20. The molecule has 3 heteroatoms. The average molecular weight is 289 g/mol. The van der Waals surface area contributed by atoms with Gasteiger partial charge in [-0.1, -0.05) is 37.3 Å². The highest BCUT2D eigenvalue weighted by Gasteiger charge is 2.19. The van der Waals surface area contributed by atoms with E-state index in [2.05, 4.69) is 50.4 Å². The lowest BCUT2D eigenvalue weighted by Crippen LogP contribution is -2.38. The fourth-order valence-electron chi connectivity index (χ4n) is 2.23. The SMILES string of the molecule is CCCNC(C)C(C)S(=O)c1ccc2ccccc2c1. The van der Waals surface area contributed by atoms with Crippen LogP contribution in [-0.2, 0) is 10.8 Å². The number of hydrogen-bond donors (Lipinski definition) is 1. The Bertz CT molecular complexity index is 596. The van der Waals surface area contributed by atoms with Crippen LogP contribution in [0.5, 0.6) is 0 Å². The van der Waals surface area contributed by atoms with Gasteiger partial charge in [0.25, 0.3) is 0 Å². The van der Waals surface area contributed by atoms with Crippen LogP contribution in [0.25, 0.3) is 10.8 Å². The molecule has 0 radical (unpaired) electrons. The summed E-state index contributed by atoms with van der Waals surface area (Å²) < 4.78 is 12.7. The largest absolute Gasteiger partial charge is 0.313 e. The van der Waals surface area contributed by atoms with E-state index in [4.69, 9.17) is 0 Å². The maximum Gasteiger partial charge on any atom is 0.0573 e. The highest BCUT2D eigenvalue weighted by atomic mass is 32.2. The molecule has 0 saturated carbocycles. The second-order valence-corrected chi connectivity index (χ2v) is 7.06. The standard InChI is InChI=1S/C17H23NOS/c1-4-11-18-13(2)14(3)20(19)17-10-9-15-7-5-6-8-16(15)12-17/h5-10,12-14,18H,4,11H2,1-3H3. The fraction of sp³-hybridized carbons (Fsp3) is 0.412. The van der Waals surface area contributed by atoms with E-state index < -0.39 is 10.8 Å². The summed E-state index contributed by atoms with van der Waals surface area (Å²) in [6.45, 7) is 7.28. The van der Waals surface area contributed by atoms with Gasteiger partial charge in [0, 0.05) is 10.9 Å². The van der Waals surface area contributed by atoms with Gasteiger partial charge < -0.3 is 5.32 Å². The van der Waals surface area contributed by atoms with Gasteiger partial charge in [-0.25, -0.2) is 0 Å². The zero-order valence-corrected chi connectivity index (χ0v) is 13.2. The van der Waals surface area contributed by atoms with Crippen molar-refractivity contribution in [3.8, 4) is 0 Å². The molecule has 0 aromatic heterocycles. The van der Waals surface area contributed by atoms with Gasteiger partial charge in [0.05, 0.1) is 16.0 Å². The van der Waals surface area contributed by atoms with Crippen LogP contribution in [0.4, 0.5) is 0 Å². The molecule has 0 fully saturated rings. The minimum Gasteiger partial charge on any atom is -0.313 e. The second-order valence-electron chi connectivity index (χ2n) is 5.25. The van der Waals surface area contributed by atoms with Gasteiger partial charge in [-0.05, 0) is 49.7 Å². The lowest BCUT2D eigenvalue weighted by atomic mass is 10.1. The quantitative estimate of drug-likeness (QED) is 0.878. The van der Waals surface area contributed by atoms with Gasteiger partial charge in [0.2, 0.25) is 0 Å². The summed E-state index contributed by atoms with van der Waals surface area (Å²) in [5.41, 5.74) is 0. The molecule has 20 heavy (non-hydrogen) atoms. The van der Waals surface area contributed by atoms with Crippen LogP contribution in [0.3, 0.4) is 0 Å². The molecule has 0 aliphatic carbocycles. The van der Waals surface area contributed by atoms with Crippen LogP contribution in [0.2, 0.25) is 0 Å². The third-order valence-electron chi connectivity index (χ3n) is 3.71. The first-order valence-electron chi connectivity index (χ1n) is 7.26. The molecule has 0 aliphatic heterocycles. The number of fused-ring (bicyclic) bond motifs is 1. The summed E-state index contributed by atoms with van der Waals surface area (Å²) in [5.74, 6) is 0. The Hall–Kier alpha value is -1.19. The molecular weight excluding hydrogens is 266 g/mol. The molecule has 0 aliphatic rings. The maximum absolute atomic E-state index is 12.7. The van der Waals surface area contributed by atoms with Crippen LogP contribution in [0.15, 0.2) is 47.4 Å². The summed E-state index contributed by atoms with van der Waals surface area (Å²) in [6.07, 6.45) is 1.10. The van der Waals surface area contributed by atoms with E-state index in [-0.39, 0.29) is 11.3 Å². The van der Waals surface area contributed by atoms with Crippen LogP contribution < -0.4 is 5.32 Å². The fourth-order valence-corrected chi connectivity index (χ4v) is 3.57. The Morgan fingerprint density at radius 2 is 1.80 bits per heavy atom. The number of benzene rings is 2. The van der Waals surface area contributed by atoms with Crippen LogP contribution in [0.1, 0.15) is 27.2 Å². The van der Waals surface area contributed by atoms with Crippen molar-refractivity contribution in [3.05, 3.63) is 42.5 Å². The minimum absolute atomic E-state index is 0.0997. The lowest BCUT2D eigenvalue weighted by Gasteiger charge is -2.20. The van der Waals surface area contributed by atoms with Gasteiger partial charge in [0.1, 0.15) is 0 Å². The third-order valence-corrected chi connectivity index (χ3v) is 5.51. The zero-order chi connectivity index (χ0) is 14.5. The van der Waals surface area contributed by atoms with Gasteiger partial charge in [-0.2, -0.15) is 0 Å². The van der Waals surface area contributed by atoms with Crippen LogP contribution >= 0.6 is 0 Å². The summed E-state index contributed by atoms with van der Waals surface area (Å²) >= 11 is 0. The van der Waals surface area contributed by atoms with Crippen molar-refractivity contribution in [2.75, 3.05) is 6.54 Å². The molecule has 0 saturated heterocycles. The molecule has 2 aromatic carbocycles. The topological polar surface area (TPSA) is 29.1 Å². The van der Waals surface area contributed by atoms with Crippen molar-refractivity contribution in [2.24, 2.45) is 0 Å². The number of rotatable bonds is 6. The van der Waals surface area contributed by atoms with E-state index in [0.717, 1.165) is 23.2 Å². The van der Waals surface area contributed by atoms with E-state index in [1.54, 1.807) is 0 Å². The summed E-state index contributed by atoms with van der Waals surface area (Å²) in [7, 11) is -0.980. The minimum atomic E-state index is -0.980. The molecular formula is C17H23NOS. The second kappa shape index (κ2) is 7.00. The normalized spacial score (nSPS) is 15.9. The van der Waals surface area contributed by atoms with Crippen molar-refractivity contribution in [3.63, 3.8) is 0 Å². The molecule has 2 aromatic rings. The molecule has 0 heterocycles. The lowest BCUT2D eigenvalue weighted by molar-refractivity contribution is 0.531. The first kappa shape index (κ1) is 15.2. The van der Waals surface area contributed by atoms with E-state index in [1.165, 1.54) is 5.39 Å². The van der Waals surface area contributed by atoms with Gasteiger partial charge in [-0.15, -0.1) is 0 Å². The monoisotopic (exact) mass is 289 g/mol. The van der Waals surface area contributed by atoms with E-state index in [1.807, 2.05) is 18.2 Å². The van der Waals surface area contributed by atoms with E-state index in [0.29, 0.717) is 0 Å². The molecule has 2 nitrogen and oxygen atoms in total. The molecule has 0 amide bonds. The van der Waals surface area contributed by atoms with Crippen molar-refractivity contribution < 1.29 is 4.21 Å². The Kier molecular flexibility index (Phi) is 5.32. The van der Waals surface area contributed by atoms with Gasteiger partial charge in [0.15, 0.2) is 0 Å². The molecule has 2 rings (SSSR count). The smallest absolute Gasteiger partial charge is 0.0573 e. The molecule has 0 spiro atoms. The van der Waals surface area contributed by atoms with Crippen molar-refractivity contribution in [1.82, 2.24) is 5.32 Å². The van der Waals surface area contributed by atoms with E-state index in [9.17, 15) is 4.21 Å². The summed E-state index contributed by atoms with van der Waals surface area (Å²) in [6, 6.07) is 14.5. The summed E-state index contributed by atoms with van der Waals surface area (Å²) in [4.78, 5) is 0.918. The first-order valence-corrected chi connectivity index (χ1v) is 8.47. The molecule has 108 valence electrons. The van der Waals surface area contributed by atoms with Crippen molar-refractivity contribution in [1.29, 1.82) is 0 Å². The number of hydrogen-bond acceptors (Lipinski definition) is 2. The predicted molar refractivity (Wildman–Crippen MR) is 87.6 cm³/mol. The Morgan fingerprint density at radius 3 is 2.50 bits per heavy atom. The number of nitrogens with one attached hydrogen (secondary N) is 1. The molecule has 1 N–H and O–H groups in total. The van der Waals surface area contributed by atoms with Gasteiger partial charge >= 0.3 is 0 Å². The Morgan fingerprint density at radius 1 is 1.10 bits per heavy atom. The molecule has 0 bridgehead atoms. The first-order chi connectivity index (χ1) is 9.63. The van der Waals surface area contributed by atoms with Crippen LogP contribution in [0, 0.1) is 0 Å².